The van der Waals surface area contributed by atoms with Crippen LogP contribution in [0.1, 0.15) is 42.4 Å². The van der Waals surface area contributed by atoms with Gasteiger partial charge in [-0.15, -0.1) is 0 Å². The summed E-state index contributed by atoms with van der Waals surface area (Å²) in [5.74, 6) is 1.86. The highest BCUT2D eigenvalue weighted by Crippen LogP contribution is 2.29. The van der Waals surface area contributed by atoms with Crippen molar-refractivity contribution in [1.29, 1.82) is 0 Å². The molecule has 0 unspecified atom stereocenters. The van der Waals surface area contributed by atoms with Crippen LogP contribution in [0.3, 0.4) is 0 Å². The van der Waals surface area contributed by atoms with Gasteiger partial charge < -0.3 is 9.47 Å². The number of hydrogen-bond acceptors (Lipinski definition) is 4. The van der Waals surface area contributed by atoms with Gasteiger partial charge in [0.25, 0.3) is 0 Å². The predicted octanol–water partition coefficient (Wildman–Crippen LogP) is 6.22. The summed E-state index contributed by atoms with van der Waals surface area (Å²) in [5.41, 5.74) is 4.72. The molecule has 3 aromatic rings. The monoisotopic (exact) mass is 482 g/mol. The van der Waals surface area contributed by atoms with Crippen LogP contribution in [0.15, 0.2) is 78.9 Å². The van der Waals surface area contributed by atoms with Crippen molar-refractivity contribution >= 4 is 11.6 Å². The molecule has 0 aliphatic carbocycles. The van der Waals surface area contributed by atoms with Crippen molar-refractivity contribution in [1.82, 2.24) is 9.80 Å². The van der Waals surface area contributed by atoms with Crippen molar-refractivity contribution in [3.8, 4) is 11.5 Å². The van der Waals surface area contributed by atoms with Crippen LogP contribution in [0.5, 0.6) is 11.5 Å². The lowest BCUT2D eigenvalue weighted by molar-refractivity contribution is 0.237. The Labute approximate surface area is 216 Å². The summed E-state index contributed by atoms with van der Waals surface area (Å²) in [7, 11) is 0. The van der Waals surface area contributed by atoms with Gasteiger partial charge >= 0.3 is 0 Å². The molecule has 2 aliphatic rings. The Morgan fingerprint density at radius 1 is 0.583 bits per heavy atom. The lowest BCUT2D eigenvalue weighted by Gasteiger charge is -2.16. The van der Waals surface area contributed by atoms with E-state index in [1.54, 1.807) is 0 Å². The molecule has 0 N–H and O–H groups in total. The van der Waals surface area contributed by atoms with Gasteiger partial charge in [0.1, 0.15) is 24.7 Å². The van der Waals surface area contributed by atoms with E-state index < -0.39 is 0 Å². The number of ether oxygens (including phenoxy) is 2. The molecule has 0 atom stereocenters. The zero-order valence-corrected chi connectivity index (χ0v) is 21.3. The molecule has 0 saturated carbocycles. The molecule has 188 valence electrons. The number of rotatable bonds is 11. The molecular weight excluding hydrogens is 444 g/mol. The zero-order chi connectivity index (χ0) is 24.4. The summed E-state index contributed by atoms with van der Waals surface area (Å²) in [4.78, 5) is 4.96. The second-order valence-corrected chi connectivity index (χ2v) is 9.81. The molecule has 2 heterocycles. The van der Waals surface area contributed by atoms with Crippen LogP contribution < -0.4 is 9.47 Å². The van der Waals surface area contributed by atoms with Crippen molar-refractivity contribution in [3.05, 3.63) is 95.6 Å². The number of hydrogen-bond donors (Lipinski definition) is 0. The molecule has 0 aromatic heterocycles. The number of nitrogens with zero attached hydrogens (tertiary/aromatic N) is 2. The largest absolute Gasteiger partial charge is 0.492 e. The van der Waals surface area contributed by atoms with Crippen LogP contribution in [0, 0.1) is 0 Å². The van der Waals surface area contributed by atoms with E-state index in [1.165, 1.54) is 74.1 Å². The lowest BCUT2D eigenvalue weighted by atomic mass is 9.95. The fourth-order valence-corrected chi connectivity index (χ4v) is 5.11. The first-order chi connectivity index (χ1) is 17.8. The summed E-state index contributed by atoms with van der Waals surface area (Å²) >= 11 is 0. The third kappa shape index (κ3) is 6.99. The van der Waals surface area contributed by atoms with Crippen molar-refractivity contribution < 1.29 is 9.47 Å². The number of likely N-dealkylation sites (tertiary alicyclic amines) is 2. The van der Waals surface area contributed by atoms with Crippen LogP contribution in [-0.4, -0.2) is 62.3 Å². The Kier molecular flexibility index (Phi) is 8.72. The molecule has 0 spiro atoms. The Bertz CT molecular complexity index is 1010. The standard InChI is InChI=1S/C32H38N2O2/c1-2-8-27(9-3-1)26-32(28-10-14-30(15-11-28)35-24-22-33-18-4-5-19-33)29-12-16-31(17-13-29)36-25-23-34-20-6-7-21-34/h1-3,8-17,26H,4-7,18-25H2. The smallest absolute Gasteiger partial charge is 0.119 e. The van der Waals surface area contributed by atoms with E-state index >= 15 is 0 Å². The Hall–Kier alpha value is -3.08. The van der Waals surface area contributed by atoms with Crippen molar-refractivity contribution in [2.75, 3.05) is 52.5 Å². The summed E-state index contributed by atoms with van der Waals surface area (Å²) in [6, 6.07) is 27.5. The third-order valence-corrected chi connectivity index (χ3v) is 7.19. The van der Waals surface area contributed by atoms with Gasteiger partial charge in [0, 0.05) is 13.1 Å². The van der Waals surface area contributed by atoms with Gasteiger partial charge in [-0.05, 0) is 104 Å². The quantitative estimate of drug-likeness (QED) is 0.303. The highest BCUT2D eigenvalue weighted by Gasteiger charge is 2.12. The summed E-state index contributed by atoms with van der Waals surface area (Å²) in [6.07, 6.45) is 7.52. The SMILES string of the molecule is C(=C(c1ccc(OCCN2CCCC2)cc1)c1ccc(OCCN2CCCC2)cc1)c1ccccc1. The first kappa shape index (κ1) is 24.6. The van der Waals surface area contributed by atoms with Crippen LogP contribution in [0.4, 0.5) is 0 Å². The highest BCUT2D eigenvalue weighted by atomic mass is 16.5. The van der Waals surface area contributed by atoms with Crippen LogP contribution in [0.25, 0.3) is 11.6 Å². The molecule has 36 heavy (non-hydrogen) atoms. The van der Waals surface area contributed by atoms with E-state index in [0.29, 0.717) is 0 Å². The van der Waals surface area contributed by atoms with Crippen LogP contribution >= 0.6 is 0 Å². The maximum atomic E-state index is 6.04. The van der Waals surface area contributed by atoms with E-state index in [-0.39, 0.29) is 0 Å². The molecular formula is C32H38N2O2. The van der Waals surface area contributed by atoms with E-state index in [0.717, 1.165) is 37.8 Å². The molecule has 2 fully saturated rings. The molecule has 2 aliphatic heterocycles. The normalized spacial score (nSPS) is 16.2. The summed E-state index contributed by atoms with van der Waals surface area (Å²) in [6.45, 7) is 8.32. The van der Waals surface area contributed by atoms with Gasteiger partial charge in [0.2, 0.25) is 0 Å². The van der Waals surface area contributed by atoms with Crippen molar-refractivity contribution in [3.63, 3.8) is 0 Å². The van der Waals surface area contributed by atoms with Gasteiger partial charge in [-0.3, -0.25) is 9.80 Å². The van der Waals surface area contributed by atoms with Crippen molar-refractivity contribution in [2.45, 2.75) is 25.7 Å². The predicted molar refractivity (Wildman–Crippen MR) is 149 cm³/mol. The minimum Gasteiger partial charge on any atom is -0.492 e. The Balaban J connectivity index is 1.26. The molecule has 5 rings (SSSR count). The molecule has 0 radical (unpaired) electrons. The summed E-state index contributed by atoms with van der Waals surface area (Å²) < 4.78 is 12.1. The molecule has 3 aromatic carbocycles. The third-order valence-electron chi connectivity index (χ3n) is 7.19. The summed E-state index contributed by atoms with van der Waals surface area (Å²) in [5, 5.41) is 0. The first-order valence-electron chi connectivity index (χ1n) is 13.5. The average Bonchev–Trinajstić information content (AvgIpc) is 3.64. The van der Waals surface area contributed by atoms with Gasteiger partial charge in [-0.1, -0.05) is 54.6 Å². The minimum atomic E-state index is 0.741. The van der Waals surface area contributed by atoms with Crippen molar-refractivity contribution in [2.24, 2.45) is 0 Å². The second-order valence-electron chi connectivity index (χ2n) is 9.81. The van der Waals surface area contributed by atoms with Gasteiger partial charge in [0.05, 0.1) is 0 Å². The van der Waals surface area contributed by atoms with E-state index in [4.69, 9.17) is 9.47 Å². The first-order valence-corrected chi connectivity index (χ1v) is 13.5. The van der Waals surface area contributed by atoms with Gasteiger partial charge in [-0.2, -0.15) is 0 Å². The fourth-order valence-electron chi connectivity index (χ4n) is 5.11. The van der Waals surface area contributed by atoms with E-state index in [1.807, 2.05) is 0 Å². The maximum absolute atomic E-state index is 6.04. The second kappa shape index (κ2) is 12.8. The molecule has 0 amide bonds. The average molecular weight is 483 g/mol. The van der Waals surface area contributed by atoms with Gasteiger partial charge in [0.15, 0.2) is 0 Å². The van der Waals surface area contributed by atoms with Crippen LogP contribution in [0.2, 0.25) is 0 Å². The molecule has 4 nitrogen and oxygen atoms in total. The molecule has 4 heteroatoms. The van der Waals surface area contributed by atoms with E-state index in [9.17, 15) is 0 Å². The topological polar surface area (TPSA) is 24.9 Å². The van der Waals surface area contributed by atoms with Gasteiger partial charge in [-0.25, -0.2) is 0 Å². The minimum absolute atomic E-state index is 0.741. The Morgan fingerprint density at radius 3 is 1.47 bits per heavy atom. The highest BCUT2D eigenvalue weighted by molar-refractivity contribution is 5.91. The number of benzene rings is 3. The van der Waals surface area contributed by atoms with Crippen LogP contribution in [-0.2, 0) is 0 Å². The lowest BCUT2D eigenvalue weighted by Crippen LogP contribution is -2.25. The molecule has 2 saturated heterocycles. The maximum Gasteiger partial charge on any atom is 0.119 e. The fraction of sp³-hybridized carbons (Fsp3) is 0.375. The van der Waals surface area contributed by atoms with E-state index in [2.05, 4.69) is 94.7 Å². The Morgan fingerprint density at radius 2 is 1.03 bits per heavy atom. The molecule has 0 bridgehead atoms. The zero-order valence-electron chi connectivity index (χ0n) is 21.3.